The maximum absolute atomic E-state index is 3.80. The molecule has 0 spiro atoms. The summed E-state index contributed by atoms with van der Waals surface area (Å²) in [7, 11) is 0. The monoisotopic (exact) mass is 190 g/mol. The van der Waals surface area contributed by atoms with Crippen LogP contribution in [0.1, 0.15) is 46.5 Å². The fourth-order valence-corrected chi connectivity index (χ4v) is 1.05. The molecule has 78 valence electrons. The van der Waals surface area contributed by atoms with E-state index in [2.05, 4.69) is 45.3 Å². The van der Waals surface area contributed by atoms with E-state index < -0.39 is 0 Å². The minimum Gasteiger partial charge on any atom is -0.102 e. The van der Waals surface area contributed by atoms with Gasteiger partial charge in [0, 0.05) is 6.42 Å². The van der Waals surface area contributed by atoms with Gasteiger partial charge in [0.1, 0.15) is 0 Å². The van der Waals surface area contributed by atoms with E-state index in [0.717, 1.165) is 12.8 Å². The highest BCUT2D eigenvalue weighted by molar-refractivity contribution is 5.19. The van der Waals surface area contributed by atoms with E-state index in [-0.39, 0.29) is 5.92 Å². The Labute approximate surface area is 89.1 Å². The second kappa shape index (κ2) is 8.63. The van der Waals surface area contributed by atoms with Gasteiger partial charge in [0.2, 0.25) is 0 Å². The molecule has 0 heteroatoms. The first-order chi connectivity index (χ1) is 6.74. The van der Waals surface area contributed by atoms with Crippen LogP contribution in [0.4, 0.5) is 0 Å². The summed E-state index contributed by atoms with van der Waals surface area (Å²) < 4.78 is 0. The molecule has 0 aliphatic heterocycles. The van der Waals surface area contributed by atoms with E-state index in [1.54, 1.807) is 0 Å². The van der Waals surface area contributed by atoms with Crippen LogP contribution in [-0.2, 0) is 0 Å². The molecule has 14 heavy (non-hydrogen) atoms. The van der Waals surface area contributed by atoms with Gasteiger partial charge in [-0.1, -0.05) is 43.9 Å². The van der Waals surface area contributed by atoms with Crippen molar-refractivity contribution in [1.82, 2.24) is 0 Å². The number of hydrogen-bond donors (Lipinski definition) is 0. The predicted molar refractivity (Wildman–Crippen MR) is 65.0 cm³/mol. The highest BCUT2D eigenvalue weighted by atomic mass is 14.0. The Kier molecular flexibility index (Phi) is 8.04. The van der Waals surface area contributed by atoms with Gasteiger partial charge < -0.3 is 0 Å². The molecular formula is C14H22. The normalized spacial score (nSPS) is 12.9. The van der Waals surface area contributed by atoms with E-state index in [1.807, 2.05) is 6.08 Å². The van der Waals surface area contributed by atoms with Crippen LogP contribution in [0.25, 0.3) is 0 Å². The maximum atomic E-state index is 3.80. The molecule has 0 aromatic heterocycles. The van der Waals surface area contributed by atoms with Crippen molar-refractivity contribution in [3.63, 3.8) is 0 Å². The molecule has 0 rings (SSSR count). The summed E-state index contributed by atoms with van der Waals surface area (Å²) in [6.45, 7) is 10.3. The highest BCUT2D eigenvalue weighted by Crippen LogP contribution is 2.06. The van der Waals surface area contributed by atoms with Crippen LogP contribution >= 0.6 is 0 Å². The lowest BCUT2D eigenvalue weighted by molar-refractivity contribution is 0.826. The van der Waals surface area contributed by atoms with E-state index in [0.29, 0.717) is 0 Å². The zero-order chi connectivity index (χ0) is 10.8. The van der Waals surface area contributed by atoms with Gasteiger partial charge in [0.25, 0.3) is 0 Å². The molecule has 0 aliphatic carbocycles. The van der Waals surface area contributed by atoms with Crippen molar-refractivity contribution in [3.8, 4) is 11.8 Å². The average Bonchev–Trinajstić information content (AvgIpc) is 2.22. The molecule has 1 atom stereocenters. The summed E-state index contributed by atoms with van der Waals surface area (Å²) in [5.74, 6) is 6.67. The van der Waals surface area contributed by atoms with Gasteiger partial charge in [-0.2, -0.15) is 0 Å². The maximum Gasteiger partial charge on any atom is 0.0563 e. The summed E-state index contributed by atoms with van der Waals surface area (Å²) in [6.07, 6.45) is 8.65. The van der Waals surface area contributed by atoms with Gasteiger partial charge in [0.05, 0.1) is 5.92 Å². The van der Waals surface area contributed by atoms with Crippen LogP contribution in [-0.4, -0.2) is 0 Å². The summed E-state index contributed by atoms with van der Waals surface area (Å²) in [4.78, 5) is 0. The predicted octanol–water partition coefficient (Wildman–Crippen LogP) is 4.34. The molecule has 0 heterocycles. The van der Waals surface area contributed by atoms with Gasteiger partial charge in [-0.05, 0) is 19.8 Å². The van der Waals surface area contributed by atoms with E-state index >= 15 is 0 Å². The van der Waals surface area contributed by atoms with Crippen molar-refractivity contribution < 1.29 is 0 Å². The molecule has 0 aliphatic rings. The van der Waals surface area contributed by atoms with Crippen molar-refractivity contribution >= 4 is 0 Å². The molecule has 0 amide bonds. The first-order valence-corrected chi connectivity index (χ1v) is 5.52. The van der Waals surface area contributed by atoms with Gasteiger partial charge in [0.15, 0.2) is 0 Å². The van der Waals surface area contributed by atoms with E-state index in [1.165, 1.54) is 18.4 Å². The molecule has 0 radical (unpaired) electrons. The first-order valence-electron chi connectivity index (χ1n) is 5.52. The summed E-state index contributed by atoms with van der Waals surface area (Å²) in [5.41, 5.74) is 1.39. The van der Waals surface area contributed by atoms with Gasteiger partial charge in [-0.15, -0.1) is 12.5 Å². The Morgan fingerprint density at radius 2 is 2.14 bits per heavy atom. The third-order valence-electron chi connectivity index (χ3n) is 2.20. The van der Waals surface area contributed by atoms with Crippen LogP contribution in [0.15, 0.2) is 24.3 Å². The van der Waals surface area contributed by atoms with Gasteiger partial charge in [-0.3, -0.25) is 0 Å². The lowest BCUT2D eigenvalue weighted by atomic mass is 10.1. The zero-order valence-corrected chi connectivity index (χ0v) is 9.77. The first kappa shape index (κ1) is 13.0. The van der Waals surface area contributed by atoms with Crippen LogP contribution in [0.5, 0.6) is 0 Å². The van der Waals surface area contributed by atoms with Gasteiger partial charge in [-0.25, -0.2) is 0 Å². The van der Waals surface area contributed by atoms with Crippen molar-refractivity contribution in [2.45, 2.75) is 46.5 Å². The molecule has 0 saturated carbocycles. The molecule has 0 bridgehead atoms. The SMILES string of the molecule is C=C[C@@H](C#CCCCC)/C=C(\C)CC. The van der Waals surface area contributed by atoms with Crippen molar-refractivity contribution in [1.29, 1.82) is 0 Å². The van der Waals surface area contributed by atoms with Crippen LogP contribution in [0.2, 0.25) is 0 Å². The zero-order valence-electron chi connectivity index (χ0n) is 9.77. The largest absolute Gasteiger partial charge is 0.102 e. The molecule has 0 unspecified atom stereocenters. The minimum atomic E-state index is 0.242. The number of hydrogen-bond acceptors (Lipinski definition) is 0. The lowest BCUT2D eigenvalue weighted by Gasteiger charge is -1.99. The number of unbranched alkanes of at least 4 members (excludes halogenated alkanes) is 2. The molecule has 0 aromatic carbocycles. The Morgan fingerprint density at radius 1 is 1.43 bits per heavy atom. The minimum absolute atomic E-state index is 0.242. The molecular weight excluding hydrogens is 168 g/mol. The molecule has 0 N–H and O–H groups in total. The number of rotatable bonds is 5. The van der Waals surface area contributed by atoms with Crippen molar-refractivity contribution in [3.05, 3.63) is 24.3 Å². The fraction of sp³-hybridized carbons (Fsp3) is 0.571. The standard InChI is InChI=1S/C14H22/c1-5-8-9-10-11-14(7-3)12-13(4)6-2/h7,12,14H,3,5-6,8-9H2,1-2,4H3/b13-12+/t14-/m0/s1. The molecule has 0 nitrogen and oxygen atoms in total. The highest BCUT2D eigenvalue weighted by Gasteiger charge is 1.94. The molecule has 0 aromatic rings. The number of allylic oxidation sites excluding steroid dienone is 3. The Balaban J connectivity index is 4.12. The van der Waals surface area contributed by atoms with E-state index in [9.17, 15) is 0 Å². The average molecular weight is 190 g/mol. The van der Waals surface area contributed by atoms with Crippen LogP contribution in [0.3, 0.4) is 0 Å². The Bertz CT molecular complexity index is 234. The van der Waals surface area contributed by atoms with Crippen LogP contribution < -0.4 is 0 Å². The van der Waals surface area contributed by atoms with Crippen LogP contribution in [0, 0.1) is 17.8 Å². The summed E-state index contributed by atoms with van der Waals surface area (Å²) >= 11 is 0. The Morgan fingerprint density at radius 3 is 2.64 bits per heavy atom. The Hall–Kier alpha value is -0.960. The molecule has 0 saturated heterocycles. The quantitative estimate of drug-likeness (QED) is 0.344. The van der Waals surface area contributed by atoms with Crippen molar-refractivity contribution in [2.75, 3.05) is 0 Å². The summed E-state index contributed by atoms with van der Waals surface area (Å²) in [6, 6.07) is 0. The third-order valence-corrected chi connectivity index (χ3v) is 2.20. The second-order valence-corrected chi connectivity index (χ2v) is 3.55. The third kappa shape index (κ3) is 6.54. The lowest BCUT2D eigenvalue weighted by Crippen LogP contribution is -1.88. The summed E-state index contributed by atoms with van der Waals surface area (Å²) in [5, 5.41) is 0. The molecule has 0 fully saturated rings. The smallest absolute Gasteiger partial charge is 0.0563 e. The fourth-order valence-electron chi connectivity index (χ4n) is 1.05. The second-order valence-electron chi connectivity index (χ2n) is 3.55. The van der Waals surface area contributed by atoms with Gasteiger partial charge >= 0.3 is 0 Å². The van der Waals surface area contributed by atoms with E-state index in [4.69, 9.17) is 0 Å². The van der Waals surface area contributed by atoms with Crippen molar-refractivity contribution in [2.24, 2.45) is 5.92 Å². The topological polar surface area (TPSA) is 0 Å².